The Morgan fingerprint density at radius 2 is 1.69 bits per heavy atom. The topological polar surface area (TPSA) is 30.5 Å². The molecule has 0 bridgehead atoms. The van der Waals surface area contributed by atoms with Crippen LogP contribution in [0.1, 0.15) is 20.3 Å². The first-order valence-corrected chi connectivity index (χ1v) is 5.41. The zero-order valence-corrected chi connectivity index (χ0v) is 9.77. The normalized spacial score (nSPS) is 12.4. The summed E-state index contributed by atoms with van der Waals surface area (Å²) in [5, 5.41) is 2.80. The van der Waals surface area contributed by atoms with E-state index in [-0.39, 0.29) is 13.2 Å². The van der Waals surface area contributed by atoms with Crippen LogP contribution in [-0.4, -0.2) is 39.3 Å². The molecule has 6 heteroatoms. The van der Waals surface area contributed by atoms with Crippen LogP contribution in [0.25, 0.3) is 0 Å². The summed E-state index contributed by atoms with van der Waals surface area (Å²) >= 11 is 0. The largest absolute Gasteiger partial charge is 0.522 e. The molecule has 0 rings (SSSR count). The molecule has 0 saturated carbocycles. The Morgan fingerprint density at radius 3 is 2.25 bits per heavy atom. The van der Waals surface area contributed by atoms with Gasteiger partial charge in [0.15, 0.2) is 0 Å². The molecular formula is C10H20F3NO2. The first-order valence-electron chi connectivity index (χ1n) is 5.41. The smallest absolute Gasteiger partial charge is 0.380 e. The van der Waals surface area contributed by atoms with E-state index < -0.39 is 6.36 Å². The van der Waals surface area contributed by atoms with Gasteiger partial charge in [0.1, 0.15) is 0 Å². The van der Waals surface area contributed by atoms with Crippen LogP contribution in [0.15, 0.2) is 0 Å². The Hall–Kier alpha value is -0.330. The Balaban J connectivity index is 3.05. The van der Waals surface area contributed by atoms with Gasteiger partial charge in [-0.1, -0.05) is 13.8 Å². The van der Waals surface area contributed by atoms with Crippen LogP contribution >= 0.6 is 0 Å². The molecule has 0 saturated heterocycles. The summed E-state index contributed by atoms with van der Waals surface area (Å²) in [7, 11) is 0. The Kier molecular flexibility index (Phi) is 8.60. The van der Waals surface area contributed by atoms with E-state index in [1.807, 2.05) is 0 Å². The SMILES string of the molecule is CC(C)CCOCCNCCOC(F)(F)F. The molecule has 16 heavy (non-hydrogen) atoms. The highest BCUT2D eigenvalue weighted by atomic mass is 19.4. The van der Waals surface area contributed by atoms with Crippen molar-refractivity contribution in [2.75, 3.05) is 32.9 Å². The third-order valence-corrected chi connectivity index (χ3v) is 1.81. The number of alkyl halides is 3. The minimum absolute atomic E-state index is 0.174. The van der Waals surface area contributed by atoms with Crippen LogP contribution in [0.2, 0.25) is 0 Å². The number of hydrogen-bond acceptors (Lipinski definition) is 3. The van der Waals surface area contributed by atoms with Gasteiger partial charge >= 0.3 is 6.36 Å². The predicted octanol–water partition coefficient (Wildman–Crippen LogP) is 2.18. The van der Waals surface area contributed by atoms with E-state index in [0.29, 0.717) is 25.7 Å². The summed E-state index contributed by atoms with van der Waals surface area (Å²) in [5.74, 6) is 0.605. The molecule has 0 fully saturated rings. The zero-order chi connectivity index (χ0) is 12.4. The minimum atomic E-state index is -4.53. The lowest BCUT2D eigenvalue weighted by Crippen LogP contribution is -2.27. The van der Waals surface area contributed by atoms with Gasteiger partial charge < -0.3 is 10.1 Å². The molecule has 0 atom stereocenters. The second-order valence-electron chi connectivity index (χ2n) is 3.84. The van der Waals surface area contributed by atoms with E-state index in [1.54, 1.807) is 0 Å². The van der Waals surface area contributed by atoms with Gasteiger partial charge in [0, 0.05) is 19.7 Å². The summed E-state index contributed by atoms with van der Waals surface area (Å²) in [6.07, 6.45) is -3.54. The Labute approximate surface area is 94.3 Å². The van der Waals surface area contributed by atoms with E-state index in [1.165, 1.54) is 0 Å². The fourth-order valence-corrected chi connectivity index (χ4v) is 0.929. The highest BCUT2D eigenvalue weighted by Crippen LogP contribution is 2.14. The highest BCUT2D eigenvalue weighted by molar-refractivity contribution is 4.47. The average Bonchev–Trinajstić information content (AvgIpc) is 2.13. The van der Waals surface area contributed by atoms with Crippen molar-refractivity contribution in [2.45, 2.75) is 26.6 Å². The molecule has 0 heterocycles. The van der Waals surface area contributed by atoms with Crippen LogP contribution in [0.3, 0.4) is 0 Å². The van der Waals surface area contributed by atoms with Crippen molar-refractivity contribution in [1.82, 2.24) is 5.32 Å². The maximum atomic E-state index is 11.5. The Morgan fingerprint density at radius 1 is 1.06 bits per heavy atom. The van der Waals surface area contributed by atoms with Gasteiger partial charge in [-0.05, 0) is 12.3 Å². The first kappa shape index (κ1) is 15.7. The summed E-state index contributed by atoms with van der Waals surface area (Å²) in [6, 6.07) is 0. The molecule has 98 valence electrons. The number of rotatable bonds is 9. The van der Waals surface area contributed by atoms with E-state index in [4.69, 9.17) is 4.74 Å². The van der Waals surface area contributed by atoms with Crippen molar-refractivity contribution in [3.63, 3.8) is 0 Å². The lowest BCUT2D eigenvalue weighted by atomic mass is 10.1. The summed E-state index contributed by atoms with van der Waals surface area (Å²) in [4.78, 5) is 0. The highest BCUT2D eigenvalue weighted by Gasteiger charge is 2.28. The third kappa shape index (κ3) is 13.7. The Bertz CT molecular complexity index is 163. The average molecular weight is 243 g/mol. The van der Waals surface area contributed by atoms with Crippen LogP contribution in [-0.2, 0) is 9.47 Å². The van der Waals surface area contributed by atoms with Gasteiger partial charge in [-0.2, -0.15) is 0 Å². The molecule has 0 amide bonds. The van der Waals surface area contributed by atoms with Gasteiger partial charge in [-0.25, -0.2) is 0 Å². The zero-order valence-electron chi connectivity index (χ0n) is 9.77. The monoisotopic (exact) mass is 243 g/mol. The summed E-state index contributed by atoms with van der Waals surface area (Å²) < 4.78 is 43.4. The molecule has 0 aromatic carbocycles. The molecule has 1 N–H and O–H groups in total. The number of ether oxygens (including phenoxy) is 2. The van der Waals surface area contributed by atoms with Crippen molar-refractivity contribution in [1.29, 1.82) is 0 Å². The molecule has 0 unspecified atom stereocenters. The first-order chi connectivity index (χ1) is 7.42. The number of halogens is 3. The number of hydrogen-bond donors (Lipinski definition) is 1. The second-order valence-corrected chi connectivity index (χ2v) is 3.84. The number of nitrogens with one attached hydrogen (secondary N) is 1. The van der Waals surface area contributed by atoms with Gasteiger partial charge in [0.05, 0.1) is 13.2 Å². The van der Waals surface area contributed by atoms with E-state index in [9.17, 15) is 13.2 Å². The minimum Gasteiger partial charge on any atom is -0.380 e. The van der Waals surface area contributed by atoms with Gasteiger partial charge in [-0.15, -0.1) is 13.2 Å². The fraction of sp³-hybridized carbons (Fsp3) is 1.00. The van der Waals surface area contributed by atoms with Crippen molar-refractivity contribution in [3.05, 3.63) is 0 Å². The predicted molar refractivity (Wildman–Crippen MR) is 55.2 cm³/mol. The maximum Gasteiger partial charge on any atom is 0.522 e. The van der Waals surface area contributed by atoms with Crippen molar-refractivity contribution >= 4 is 0 Å². The van der Waals surface area contributed by atoms with Crippen molar-refractivity contribution in [2.24, 2.45) is 5.92 Å². The van der Waals surface area contributed by atoms with Gasteiger partial charge in [0.25, 0.3) is 0 Å². The van der Waals surface area contributed by atoms with Crippen molar-refractivity contribution in [3.8, 4) is 0 Å². The molecule has 0 aliphatic heterocycles. The lowest BCUT2D eigenvalue weighted by molar-refractivity contribution is -0.323. The molecule has 0 aromatic rings. The molecular weight excluding hydrogens is 223 g/mol. The molecule has 0 radical (unpaired) electrons. The fourth-order valence-electron chi connectivity index (χ4n) is 0.929. The van der Waals surface area contributed by atoms with E-state index in [0.717, 1.165) is 6.42 Å². The lowest BCUT2D eigenvalue weighted by Gasteiger charge is -2.09. The third-order valence-electron chi connectivity index (χ3n) is 1.81. The van der Waals surface area contributed by atoms with E-state index >= 15 is 0 Å². The molecule has 0 spiro atoms. The van der Waals surface area contributed by atoms with Gasteiger partial charge in [-0.3, -0.25) is 4.74 Å². The van der Waals surface area contributed by atoms with Crippen LogP contribution in [0.5, 0.6) is 0 Å². The van der Waals surface area contributed by atoms with Gasteiger partial charge in [0.2, 0.25) is 0 Å². The maximum absolute atomic E-state index is 11.5. The van der Waals surface area contributed by atoms with E-state index in [2.05, 4.69) is 23.9 Å². The molecule has 0 aliphatic rings. The molecule has 0 aromatic heterocycles. The molecule has 3 nitrogen and oxygen atoms in total. The standard InChI is InChI=1S/C10H20F3NO2/c1-9(2)3-6-15-7-4-14-5-8-16-10(11,12)13/h9,14H,3-8H2,1-2H3. The van der Waals surface area contributed by atoms with Crippen LogP contribution < -0.4 is 5.32 Å². The van der Waals surface area contributed by atoms with Crippen molar-refractivity contribution < 1.29 is 22.6 Å². The van der Waals surface area contributed by atoms with Crippen LogP contribution in [0, 0.1) is 5.92 Å². The second kappa shape index (κ2) is 8.78. The molecule has 0 aliphatic carbocycles. The quantitative estimate of drug-likeness (QED) is 0.630. The summed E-state index contributed by atoms with van der Waals surface area (Å²) in [6.45, 7) is 5.77. The van der Waals surface area contributed by atoms with Crippen LogP contribution in [0.4, 0.5) is 13.2 Å². The summed E-state index contributed by atoms with van der Waals surface area (Å²) in [5.41, 5.74) is 0.